The molecule has 28 heavy (non-hydrogen) atoms. The molecule has 0 aliphatic heterocycles. The van der Waals surface area contributed by atoms with Gasteiger partial charge in [0.15, 0.2) is 13.1 Å². The third-order valence-electron chi connectivity index (χ3n) is 4.27. The van der Waals surface area contributed by atoms with Gasteiger partial charge in [-0.05, 0) is 53.7 Å². The van der Waals surface area contributed by atoms with Crippen LogP contribution in [0.15, 0.2) is 24.3 Å². The first-order valence-electron chi connectivity index (χ1n) is 9.51. The number of likely N-dealkylation sites (N-methyl/N-ethyl adjacent to an activating group) is 1. The third-order valence-corrected chi connectivity index (χ3v) is 4.27. The molecule has 2 amide bonds. The van der Waals surface area contributed by atoms with E-state index in [1.807, 2.05) is 77.5 Å². The molecule has 2 aromatic rings. The Morgan fingerprint density at radius 2 is 1.61 bits per heavy atom. The van der Waals surface area contributed by atoms with Gasteiger partial charge in [0.05, 0.1) is 29.8 Å². The van der Waals surface area contributed by atoms with Gasteiger partial charge in [0, 0.05) is 5.54 Å². The van der Waals surface area contributed by atoms with Gasteiger partial charge in [0.25, 0.3) is 11.8 Å². The van der Waals surface area contributed by atoms with Crippen LogP contribution in [-0.2, 0) is 9.59 Å². The van der Waals surface area contributed by atoms with Gasteiger partial charge in [-0.3, -0.25) is 9.59 Å². The number of anilines is 1. The van der Waals surface area contributed by atoms with E-state index in [4.69, 9.17) is 0 Å². The van der Waals surface area contributed by atoms with E-state index in [0.717, 1.165) is 27.7 Å². The van der Waals surface area contributed by atoms with Gasteiger partial charge >= 0.3 is 0 Å². The zero-order valence-corrected chi connectivity index (χ0v) is 17.9. The van der Waals surface area contributed by atoms with E-state index >= 15 is 0 Å². The largest absolute Gasteiger partial charge is 0.347 e. The van der Waals surface area contributed by atoms with Crippen LogP contribution in [0.1, 0.15) is 37.7 Å². The van der Waals surface area contributed by atoms with Crippen LogP contribution in [0.4, 0.5) is 5.69 Å². The molecular formula is C21H32N5O2+. The van der Waals surface area contributed by atoms with E-state index in [9.17, 15) is 9.59 Å². The minimum Gasteiger partial charge on any atom is -0.347 e. The number of nitrogens with zero attached hydrogens (tertiary/aromatic N) is 2. The Morgan fingerprint density at radius 3 is 2.18 bits per heavy atom. The molecule has 0 aliphatic rings. The number of rotatable bonds is 6. The van der Waals surface area contributed by atoms with Crippen molar-refractivity contribution in [3.05, 3.63) is 41.2 Å². The molecular weight excluding hydrogens is 354 g/mol. The van der Waals surface area contributed by atoms with Crippen molar-refractivity contribution >= 4 is 17.5 Å². The molecule has 1 aromatic carbocycles. The molecule has 7 nitrogen and oxygen atoms in total. The molecule has 0 radical (unpaired) electrons. The number of amides is 2. The van der Waals surface area contributed by atoms with Crippen LogP contribution in [0.25, 0.3) is 5.69 Å². The van der Waals surface area contributed by atoms with Crippen molar-refractivity contribution in [1.82, 2.24) is 15.1 Å². The maximum Gasteiger partial charge on any atom is 0.279 e. The van der Waals surface area contributed by atoms with Crippen LogP contribution < -0.4 is 15.5 Å². The topological polar surface area (TPSA) is 80.5 Å². The zero-order chi connectivity index (χ0) is 21.1. The first-order chi connectivity index (χ1) is 13.0. The minimum absolute atomic E-state index is 0.0719. The average molecular weight is 387 g/mol. The Bertz CT molecular complexity index is 847. The summed E-state index contributed by atoms with van der Waals surface area (Å²) >= 11 is 0. The molecule has 152 valence electrons. The SMILES string of the molecule is Cc1ccc(-n2nc(C)c(NC(=O)C[NH+](C)CC(=O)NC(C)(C)C)c2C)cc1. The molecule has 0 bridgehead atoms. The molecule has 0 saturated heterocycles. The average Bonchev–Trinajstić information content (AvgIpc) is 2.81. The van der Waals surface area contributed by atoms with Crippen molar-refractivity contribution in [3.8, 4) is 5.69 Å². The van der Waals surface area contributed by atoms with Gasteiger partial charge in [-0.2, -0.15) is 5.10 Å². The number of nitrogens with one attached hydrogen (secondary N) is 3. The van der Waals surface area contributed by atoms with E-state index in [1.54, 1.807) is 0 Å². The summed E-state index contributed by atoms with van der Waals surface area (Å²) in [5.74, 6) is -0.215. The van der Waals surface area contributed by atoms with Crippen LogP contribution in [0.3, 0.4) is 0 Å². The first-order valence-corrected chi connectivity index (χ1v) is 9.51. The number of aromatic nitrogens is 2. The smallest absolute Gasteiger partial charge is 0.279 e. The second-order valence-corrected chi connectivity index (χ2v) is 8.45. The minimum atomic E-state index is -0.279. The van der Waals surface area contributed by atoms with E-state index in [0.29, 0.717) is 0 Å². The Kier molecular flexibility index (Phi) is 6.61. The van der Waals surface area contributed by atoms with Crippen LogP contribution in [-0.4, -0.2) is 47.3 Å². The molecule has 1 aromatic heterocycles. The molecule has 2 rings (SSSR count). The Balaban J connectivity index is 2.02. The van der Waals surface area contributed by atoms with Gasteiger partial charge in [0.2, 0.25) is 0 Å². The van der Waals surface area contributed by atoms with E-state index in [-0.39, 0.29) is 30.4 Å². The highest BCUT2D eigenvalue weighted by molar-refractivity contribution is 5.92. The van der Waals surface area contributed by atoms with Gasteiger partial charge in [-0.25, -0.2) is 4.68 Å². The number of carbonyl (C=O) groups excluding carboxylic acids is 2. The van der Waals surface area contributed by atoms with Crippen molar-refractivity contribution in [2.24, 2.45) is 0 Å². The summed E-state index contributed by atoms with van der Waals surface area (Å²) in [6.45, 7) is 12.1. The summed E-state index contributed by atoms with van der Waals surface area (Å²) in [7, 11) is 1.83. The maximum absolute atomic E-state index is 12.5. The van der Waals surface area contributed by atoms with Crippen LogP contribution in [0.5, 0.6) is 0 Å². The van der Waals surface area contributed by atoms with Crippen molar-refractivity contribution in [1.29, 1.82) is 0 Å². The van der Waals surface area contributed by atoms with Crippen molar-refractivity contribution in [2.75, 3.05) is 25.5 Å². The number of carbonyl (C=O) groups is 2. The molecule has 0 saturated carbocycles. The molecule has 7 heteroatoms. The van der Waals surface area contributed by atoms with Crippen molar-refractivity contribution in [3.63, 3.8) is 0 Å². The summed E-state index contributed by atoms with van der Waals surface area (Å²) in [5.41, 5.74) is 4.21. The fourth-order valence-electron chi connectivity index (χ4n) is 3.02. The summed E-state index contributed by atoms with van der Waals surface area (Å²) in [6.07, 6.45) is 0. The molecule has 3 N–H and O–H groups in total. The highest BCUT2D eigenvalue weighted by Crippen LogP contribution is 2.22. The number of quaternary nitrogens is 1. The van der Waals surface area contributed by atoms with E-state index in [2.05, 4.69) is 15.7 Å². The summed E-state index contributed by atoms with van der Waals surface area (Å²) < 4.78 is 1.83. The molecule has 1 atom stereocenters. The monoisotopic (exact) mass is 386 g/mol. The fraction of sp³-hybridized carbons (Fsp3) is 0.476. The summed E-state index contributed by atoms with van der Waals surface area (Å²) in [6, 6.07) is 8.08. The predicted molar refractivity (Wildman–Crippen MR) is 111 cm³/mol. The summed E-state index contributed by atoms with van der Waals surface area (Å²) in [4.78, 5) is 25.3. The Hall–Kier alpha value is -2.67. The number of hydrogen-bond donors (Lipinski definition) is 3. The molecule has 0 fully saturated rings. The molecule has 0 aliphatic carbocycles. The fourth-order valence-corrected chi connectivity index (χ4v) is 3.02. The van der Waals surface area contributed by atoms with Crippen LogP contribution in [0, 0.1) is 20.8 Å². The summed E-state index contributed by atoms with van der Waals surface area (Å²) in [5, 5.41) is 10.4. The highest BCUT2D eigenvalue weighted by Gasteiger charge is 2.20. The lowest BCUT2D eigenvalue weighted by molar-refractivity contribution is -0.862. The van der Waals surface area contributed by atoms with Crippen molar-refractivity contribution in [2.45, 2.75) is 47.1 Å². The van der Waals surface area contributed by atoms with Gasteiger partial charge < -0.3 is 15.5 Å². The van der Waals surface area contributed by atoms with E-state index < -0.39 is 0 Å². The maximum atomic E-state index is 12.5. The highest BCUT2D eigenvalue weighted by atomic mass is 16.2. The van der Waals surface area contributed by atoms with Gasteiger partial charge in [0.1, 0.15) is 0 Å². The molecule has 1 unspecified atom stereocenters. The van der Waals surface area contributed by atoms with Crippen LogP contribution in [0.2, 0.25) is 0 Å². The third kappa shape index (κ3) is 5.92. The Labute approximate surface area is 167 Å². The van der Waals surface area contributed by atoms with Gasteiger partial charge in [-0.1, -0.05) is 17.7 Å². The zero-order valence-electron chi connectivity index (χ0n) is 17.9. The van der Waals surface area contributed by atoms with Crippen LogP contribution >= 0.6 is 0 Å². The lowest BCUT2D eigenvalue weighted by atomic mass is 10.1. The predicted octanol–water partition coefficient (Wildman–Crippen LogP) is 1.17. The lowest BCUT2D eigenvalue weighted by Crippen LogP contribution is -3.11. The Morgan fingerprint density at radius 1 is 1.04 bits per heavy atom. The van der Waals surface area contributed by atoms with Crippen molar-refractivity contribution < 1.29 is 14.5 Å². The number of aryl methyl sites for hydroxylation is 2. The number of benzene rings is 1. The molecule has 0 spiro atoms. The number of hydrogen-bond acceptors (Lipinski definition) is 3. The van der Waals surface area contributed by atoms with Gasteiger partial charge in [-0.15, -0.1) is 0 Å². The normalized spacial score (nSPS) is 12.5. The standard InChI is InChI=1S/C21H31N5O2/c1-14-8-10-17(11-9-14)26-16(3)20(15(2)24-26)22-18(27)12-25(7)13-19(28)23-21(4,5)6/h8-11H,12-13H2,1-7H3,(H,22,27)(H,23,28)/p+1. The quantitative estimate of drug-likeness (QED) is 0.697. The first kappa shape index (κ1) is 21.6. The lowest BCUT2D eigenvalue weighted by Gasteiger charge is -2.21. The van der Waals surface area contributed by atoms with E-state index in [1.165, 1.54) is 5.56 Å². The second kappa shape index (κ2) is 8.56. The molecule has 1 heterocycles. The second-order valence-electron chi connectivity index (χ2n) is 8.45.